The van der Waals surface area contributed by atoms with E-state index in [4.69, 9.17) is 0 Å². The van der Waals surface area contributed by atoms with Crippen molar-refractivity contribution < 1.29 is 13.2 Å². The van der Waals surface area contributed by atoms with Gasteiger partial charge in [-0.05, 0) is 56.3 Å². The quantitative estimate of drug-likeness (QED) is 0.775. The van der Waals surface area contributed by atoms with Gasteiger partial charge in [0.05, 0.1) is 10.6 Å². The van der Waals surface area contributed by atoms with Crippen LogP contribution in [0.1, 0.15) is 16.8 Å². The van der Waals surface area contributed by atoms with Gasteiger partial charge in [0.2, 0.25) is 0 Å². The van der Waals surface area contributed by atoms with Crippen molar-refractivity contribution in [1.29, 1.82) is 0 Å². The van der Waals surface area contributed by atoms with Gasteiger partial charge < -0.3 is 10.2 Å². The van der Waals surface area contributed by atoms with E-state index in [1.54, 1.807) is 41.3 Å². The zero-order valence-corrected chi connectivity index (χ0v) is 17.7. The summed E-state index contributed by atoms with van der Waals surface area (Å²) in [4.78, 5) is 14.7. The van der Waals surface area contributed by atoms with Gasteiger partial charge in [-0.2, -0.15) is 0 Å². The molecule has 0 saturated carbocycles. The molecule has 0 spiro atoms. The second-order valence-electron chi connectivity index (χ2n) is 6.80. The maximum absolute atomic E-state index is 13.0. The van der Waals surface area contributed by atoms with Crippen molar-refractivity contribution in [1.82, 2.24) is 10.2 Å². The molecule has 1 N–H and O–H groups in total. The fourth-order valence-corrected chi connectivity index (χ4v) is 4.62. The van der Waals surface area contributed by atoms with Crippen LogP contribution in [0.15, 0.2) is 59.5 Å². The molecular formula is C20H26ClN3O3S. The van der Waals surface area contributed by atoms with Crippen LogP contribution in [-0.4, -0.2) is 53.0 Å². The summed E-state index contributed by atoms with van der Waals surface area (Å²) in [6, 6.07) is 15.2. The molecule has 0 bridgehead atoms. The molecule has 1 aliphatic rings. The Balaban J connectivity index is 0.00000280. The van der Waals surface area contributed by atoms with E-state index < -0.39 is 10.0 Å². The number of halogens is 1. The molecule has 1 heterocycles. The normalized spacial score (nSPS) is 16.5. The molecule has 3 rings (SSSR count). The Morgan fingerprint density at radius 3 is 2.57 bits per heavy atom. The minimum Gasteiger partial charge on any atom is -0.338 e. The van der Waals surface area contributed by atoms with Crippen molar-refractivity contribution in [2.24, 2.45) is 5.92 Å². The van der Waals surface area contributed by atoms with Crippen LogP contribution in [0.4, 0.5) is 5.69 Å². The number of anilines is 1. The summed E-state index contributed by atoms with van der Waals surface area (Å²) in [6.07, 6.45) is 0.960. The van der Waals surface area contributed by atoms with Gasteiger partial charge in [-0.25, -0.2) is 8.42 Å². The van der Waals surface area contributed by atoms with E-state index in [0.29, 0.717) is 30.3 Å². The summed E-state index contributed by atoms with van der Waals surface area (Å²) in [6.45, 7) is 2.27. The van der Waals surface area contributed by atoms with Crippen LogP contribution in [0.3, 0.4) is 0 Å². The first-order chi connectivity index (χ1) is 12.9. The van der Waals surface area contributed by atoms with E-state index >= 15 is 0 Å². The van der Waals surface area contributed by atoms with Gasteiger partial charge in [-0.15, -0.1) is 12.4 Å². The Labute approximate surface area is 173 Å². The first-order valence-electron chi connectivity index (χ1n) is 9.01. The van der Waals surface area contributed by atoms with Crippen LogP contribution < -0.4 is 9.62 Å². The van der Waals surface area contributed by atoms with Gasteiger partial charge in [0.25, 0.3) is 15.9 Å². The smallest absolute Gasteiger partial charge is 0.264 e. The fraction of sp³-hybridized carbons (Fsp3) is 0.350. The van der Waals surface area contributed by atoms with Gasteiger partial charge >= 0.3 is 0 Å². The van der Waals surface area contributed by atoms with E-state index in [1.807, 2.05) is 13.1 Å². The lowest BCUT2D eigenvalue weighted by Gasteiger charge is -2.20. The predicted molar refractivity (Wildman–Crippen MR) is 114 cm³/mol. The number of hydrogen-bond donors (Lipinski definition) is 1. The molecule has 1 saturated heterocycles. The van der Waals surface area contributed by atoms with E-state index in [1.165, 1.54) is 23.5 Å². The number of sulfonamides is 1. The van der Waals surface area contributed by atoms with Gasteiger partial charge in [-0.1, -0.05) is 24.3 Å². The molecule has 1 unspecified atom stereocenters. The highest BCUT2D eigenvalue weighted by atomic mass is 35.5. The monoisotopic (exact) mass is 423 g/mol. The van der Waals surface area contributed by atoms with Gasteiger partial charge in [0, 0.05) is 25.7 Å². The predicted octanol–water partition coefficient (Wildman–Crippen LogP) is 2.62. The third-order valence-corrected chi connectivity index (χ3v) is 6.71. The van der Waals surface area contributed by atoms with Crippen LogP contribution >= 0.6 is 12.4 Å². The SMILES string of the molecule is CNCC1CCN(C(=O)c2cccc(S(=O)(=O)N(C)c3ccccc3)c2)C1.Cl. The fourth-order valence-electron chi connectivity index (χ4n) is 3.38. The molecule has 1 aliphatic heterocycles. The number of para-hydroxylation sites is 1. The highest BCUT2D eigenvalue weighted by Crippen LogP contribution is 2.24. The molecule has 0 radical (unpaired) electrons. The largest absolute Gasteiger partial charge is 0.338 e. The van der Waals surface area contributed by atoms with Crippen LogP contribution in [0.25, 0.3) is 0 Å². The molecule has 0 aromatic heterocycles. The third kappa shape index (κ3) is 4.66. The summed E-state index contributed by atoms with van der Waals surface area (Å²) >= 11 is 0. The number of nitrogens with one attached hydrogen (secondary N) is 1. The topological polar surface area (TPSA) is 69.7 Å². The molecule has 2 aromatic carbocycles. The van der Waals surface area contributed by atoms with Crippen molar-refractivity contribution in [2.75, 3.05) is 38.0 Å². The molecule has 6 nitrogen and oxygen atoms in total. The lowest BCUT2D eigenvalue weighted by Crippen LogP contribution is -2.31. The number of benzene rings is 2. The molecule has 2 aromatic rings. The minimum absolute atomic E-state index is 0. The molecule has 1 amide bonds. The van der Waals surface area contributed by atoms with Gasteiger partial charge in [-0.3, -0.25) is 9.10 Å². The first kappa shape index (κ1) is 22.2. The number of amides is 1. The number of likely N-dealkylation sites (tertiary alicyclic amines) is 1. The Morgan fingerprint density at radius 2 is 1.89 bits per heavy atom. The summed E-state index contributed by atoms with van der Waals surface area (Å²) in [7, 11) is -0.318. The maximum atomic E-state index is 13.0. The highest BCUT2D eigenvalue weighted by Gasteiger charge is 2.28. The number of carbonyl (C=O) groups is 1. The van der Waals surface area contributed by atoms with E-state index in [0.717, 1.165) is 13.0 Å². The zero-order chi connectivity index (χ0) is 19.4. The van der Waals surface area contributed by atoms with Crippen LogP contribution in [0.5, 0.6) is 0 Å². The molecule has 8 heteroatoms. The Morgan fingerprint density at radius 1 is 1.18 bits per heavy atom. The lowest BCUT2D eigenvalue weighted by molar-refractivity contribution is 0.0787. The molecule has 1 atom stereocenters. The highest BCUT2D eigenvalue weighted by molar-refractivity contribution is 7.92. The molecule has 1 fully saturated rings. The zero-order valence-electron chi connectivity index (χ0n) is 16.0. The summed E-state index contributed by atoms with van der Waals surface area (Å²) < 4.78 is 27.1. The van der Waals surface area contributed by atoms with Crippen molar-refractivity contribution in [3.05, 3.63) is 60.2 Å². The van der Waals surface area contributed by atoms with Crippen molar-refractivity contribution in [2.45, 2.75) is 11.3 Å². The Kier molecular flexibility index (Phi) is 7.46. The molecule has 0 aliphatic carbocycles. The maximum Gasteiger partial charge on any atom is 0.264 e. The molecular weight excluding hydrogens is 398 g/mol. The average molecular weight is 424 g/mol. The summed E-state index contributed by atoms with van der Waals surface area (Å²) in [5.41, 5.74) is 0.978. The van der Waals surface area contributed by atoms with Crippen LogP contribution in [0.2, 0.25) is 0 Å². The van der Waals surface area contributed by atoms with Crippen LogP contribution in [-0.2, 0) is 10.0 Å². The van der Waals surface area contributed by atoms with E-state index in [-0.39, 0.29) is 23.2 Å². The number of hydrogen-bond acceptors (Lipinski definition) is 4. The number of carbonyl (C=O) groups excluding carboxylic acids is 1. The number of nitrogens with zero attached hydrogens (tertiary/aromatic N) is 2. The Bertz CT molecular complexity index is 906. The summed E-state index contributed by atoms with van der Waals surface area (Å²) in [5, 5.41) is 3.14. The number of rotatable bonds is 6. The van der Waals surface area contributed by atoms with Crippen molar-refractivity contribution in [3.63, 3.8) is 0 Å². The molecule has 28 heavy (non-hydrogen) atoms. The standard InChI is InChI=1S/C20H25N3O3S.ClH/c1-21-14-16-11-12-23(15-16)20(24)17-7-6-10-19(13-17)27(25,26)22(2)18-8-4-3-5-9-18;/h3-10,13,16,21H,11-12,14-15H2,1-2H3;1H. The van der Waals surface area contributed by atoms with Gasteiger partial charge in [0.1, 0.15) is 0 Å². The van der Waals surface area contributed by atoms with Crippen molar-refractivity contribution >= 4 is 34.0 Å². The van der Waals surface area contributed by atoms with E-state index in [9.17, 15) is 13.2 Å². The second kappa shape index (κ2) is 9.41. The first-order valence-corrected chi connectivity index (χ1v) is 10.5. The van der Waals surface area contributed by atoms with Crippen molar-refractivity contribution in [3.8, 4) is 0 Å². The van der Waals surface area contributed by atoms with E-state index in [2.05, 4.69) is 5.32 Å². The van der Waals surface area contributed by atoms with Crippen LogP contribution in [0, 0.1) is 5.92 Å². The Hall–Kier alpha value is -2.09. The average Bonchev–Trinajstić information content (AvgIpc) is 3.16. The minimum atomic E-state index is -3.74. The summed E-state index contributed by atoms with van der Waals surface area (Å²) in [5.74, 6) is 0.322. The van der Waals surface area contributed by atoms with Gasteiger partial charge in [0.15, 0.2) is 0 Å². The lowest BCUT2D eigenvalue weighted by atomic mass is 10.1. The second-order valence-corrected chi connectivity index (χ2v) is 8.77. The molecule has 152 valence electrons. The third-order valence-electron chi connectivity index (χ3n) is 4.93.